The average Bonchev–Trinajstić information content (AvgIpc) is 2.19. The largest absolute Gasteiger partial charge is 0.394 e. The summed E-state index contributed by atoms with van der Waals surface area (Å²) in [4.78, 5) is 0. The second-order valence-corrected chi connectivity index (χ2v) is 2.89. The normalized spacial score (nSPS) is 10.1. The Morgan fingerprint density at radius 3 is 2.50 bits per heavy atom. The van der Waals surface area contributed by atoms with E-state index in [9.17, 15) is 0 Å². The molecule has 0 aliphatic carbocycles. The Bertz CT molecular complexity index is 295. The third kappa shape index (κ3) is 3.16. The lowest BCUT2D eigenvalue weighted by atomic mass is 10.1. The van der Waals surface area contributed by atoms with Crippen LogP contribution in [-0.4, -0.2) is 24.2 Å². The smallest absolute Gasteiger partial charge is 0.122 e. The van der Waals surface area contributed by atoms with Crippen LogP contribution in [0, 0.1) is 5.41 Å². The maximum atomic E-state index is 8.49. The van der Waals surface area contributed by atoms with Crippen molar-refractivity contribution < 1.29 is 9.84 Å². The molecule has 0 aliphatic rings. The zero-order valence-electron chi connectivity index (χ0n) is 7.86. The molecular weight excluding hydrogens is 180 g/mol. The van der Waals surface area contributed by atoms with Gasteiger partial charge in [0.15, 0.2) is 0 Å². The number of benzene rings is 1. The van der Waals surface area contributed by atoms with E-state index in [4.69, 9.17) is 21.0 Å². The zero-order valence-corrected chi connectivity index (χ0v) is 7.86. The first kappa shape index (κ1) is 10.7. The van der Waals surface area contributed by atoms with Crippen LogP contribution in [0.4, 0.5) is 0 Å². The predicted molar refractivity (Wildman–Crippen MR) is 54.2 cm³/mol. The summed E-state index contributed by atoms with van der Waals surface area (Å²) in [7, 11) is 0. The summed E-state index contributed by atoms with van der Waals surface area (Å²) in [5, 5.41) is 15.7. The molecule has 0 unspecified atom stereocenters. The van der Waals surface area contributed by atoms with E-state index in [1.165, 1.54) is 0 Å². The molecule has 4 N–H and O–H groups in total. The van der Waals surface area contributed by atoms with Gasteiger partial charge in [0.05, 0.1) is 19.8 Å². The van der Waals surface area contributed by atoms with Crippen LogP contribution < -0.4 is 5.73 Å². The van der Waals surface area contributed by atoms with Gasteiger partial charge in [0.1, 0.15) is 5.84 Å². The first-order valence-corrected chi connectivity index (χ1v) is 4.36. The zero-order chi connectivity index (χ0) is 10.4. The number of rotatable bonds is 5. The fraction of sp³-hybridized carbons (Fsp3) is 0.300. The Hall–Kier alpha value is -1.39. The Kier molecular flexibility index (Phi) is 4.10. The fourth-order valence-corrected chi connectivity index (χ4v) is 1.04. The van der Waals surface area contributed by atoms with Gasteiger partial charge < -0.3 is 15.6 Å². The lowest BCUT2D eigenvalue weighted by Crippen LogP contribution is -2.10. The summed E-state index contributed by atoms with van der Waals surface area (Å²) in [5.74, 6) is 0.0628. The van der Waals surface area contributed by atoms with Crippen molar-refractivity contribution in [2.75, 3.05) is 13.2 Å². The Morgan fingerprint density at radius 1 is 1.36 bits per heavy atom. The van der Waals surface area contributed by atoms with E-state index in [1.54, 1.807) is 12.1 Å². The van der Waals surface area contributed by atoms with E-state index in [1.807, 2.05) is 12.1 Å². The summed E-state index contributed by atoms with van der Waals surface area (Å²) >= 11 is 0. The number of ether oxygens (including phenoxy) is 1. The van der Waals surface area contributed by atoms with Gasteiger partial charge in [-0.15, -0.1) is 0 Å². The summed E-state index contributed by atoms with van der Waals surface area (Å²) in [5.41, 5.74) is 7.01. The van der Waals surface area contributed by atoms with E-state index < -0.39 is 0 Å². The lowest BCUT2D eigenvalue weighted by Gasteiger charge is -2.03. The molecule has 0 amide bonds. The molecule has 4 nitrogen and oxygen atoms in total. The predicted octanol–water partition coefficient (Wildman–Crippen LogP) is 0.480. The number of nitrogens with two attached hydrogens (primary N) is 1. The molecular formula is C10H14N2O2. The maximum Gasteiger partial charge on any atom is 0.122 e. The maximum absolute atomic E-state index is 8.49. The van der Waals surface area contributed by atoms with Crippen LogP contribution in [0.15, 0.2) is 24.3 Å². The summed E-state index contributed by atoms with van der Waals surface area (Å²) in [6.07, 6.45) is 0. The van der Waals surface area contributed by atoms with Gasteiger partial charge in [0.25, 0.3) is 0 Å². The molecule has 0 atom stereocenters. The summed E-state index contributed by atoms with van der Waals surface area (Å²) < 4.78 is 5.13. The van der Waals surface area contributed by atoms with E-state index >= 15 is 0 Å². The molecule has 1 aromatic carbocycles. The number of amidine groups is 1. The van der Waals surface area contributed by atoms with Crippen LogP contribution in [0.5, 0.6) is 0 Å². The molecule has 76 valence electrons. The number of aliphatic hydroxyl groups excluding tert-OH is 1. The molecule has 0 aliphatic heterocycles. The Labute approximate surface area is 82.8 Å². The van der Waals surface area contributed by atoms with Crippen LogP contribution in [0.25, 0.3) is 0 Å². The molecule has 14 heavy (non-hydrogen) atoms. The minimum atomic E-state index is 0.0333. The van der Waals surface area contributed by atoms with E-state index in [0.717, 1.165) is 5.56 Å². The van der Waals surface area contributed by atoms with Gasteiger partial charge in [-0.3, -0.25) is 5.41 Å². The first-order chi connectivity index (χ1) is 6.74. The summed E-state index contributed by atoms with van der Waals surface area (Å²) in [6, 6.07) is 7.27. The molecule has 0 fully saturated rings. The van der Waals surface area contributed by atoms with Gasteiger partial charge in [-0.1, -0.05) is 24.3 Å². The van der Waals surface area contributed by atoms with Crippen molar-refractivity contribution in [2.45, 2.75) is 6.61 Å². The second kappa shape index (κ2) is 5.36. The molecule has 1 aromatic rings. The van der Waals surface area contributed by atoms with Crippen LogP contribution in [0.1, 0.15) is 11.1 Å². The van der Waals surface area contributed by atoms with Crippen LogP contribution in [0.2, 0.25) is 0 Å². The van der Waals surface area contributed by atoms with Crippen LogP contribution >= 0.6 is 0 Å². The quantitative estimate of drug-likeness (QED) is 0.362. The van der Waals surface area contributed by atoms with Crippen LogP contribution in [0.3, 0.4) is 0 Å². The average molecular weight is 194 g/mol. The molecule has 0 saturated carbocycles. The Balaban J connectivity index is 2.51. The first-order valence-electron chi connectivity index (χ1n) is 4.36. The highest BCUT2D eigenvalue weighted by Gasteiger charge is 1.96. The Morgan fingerprint density at radius 2 is 2.00 bits per heavy atom. The van der Waals surface area contributed by atoms with Gasteiger partial charge >= 0.3 is 0 Å². The van der Waals surface area contributed by atoms with Gasteiger partial charge in [0, 0.05) is 5.56 Å². The second-order valence-electron chi connectivity index (χ2n) is 2.89. The van der Waals surface area contributed by atoms with Crippen molar-refractivity contribution in [1.29, 1.82) is 5.41 Å². The van der Waals surface area contributed by atoms with Crippen molar-refractivity contribution in [3.8, 4) is 0 Å². The lowest BCUT2D eigenvalue weighted by molar-refractivity contribution is 0.0815. The van der Waals surface area contributed by atoms with Gasteiger partial charge in [-0.05, 0) is 5.56 Å². The number of nitrogen functional groups attached to an aromatic ring is 1. The van der Waals surface area contributed by atoms with Crippen molar-refractivity contribution in [3.63, 3.8) is 0 Å². The van der Waals surface area contributed by atoms with Gasteiger partial charge in [-0.2, -0.15) is 0 Å². The molecule has 4 heteroatoms. The fourth-order valence-electron chi connectivity index (χ4n) is 1.04. The van der Waals surface area contributed by atoms with Crippen molar-refractivity contribution in [3.05, 3.63) is 35.4 Å². The highest BCUT2D eigenvalue weighted by atomic mass is 16.5. The minimum absolute atomic E-state index is 0.0333. The molecule has 0 bridgehead atoms. The number of hydrogen-bond donors (Lipinski definition) is 3. The van der Waals surface area contributed by atoms with Crippen molar-refractivity contribution >= 4 is 5.84 Å². The van der Waals surface area contributed by atoms with E-state index in [2.05, 4.69) is 0 Å². The van der Waals surface area contributed by atoms with Crippen molar-refractivity contribution in [2.24, 2.45) is 5.73 Å². The monoisotopic (exact) mass is 194 g/mol. The highest BCUT2D eigenvalue weighted by molar-refractivity contribution is 5.94. The third-order valence-electron chi connectivity index (χ3n) is 1.77. The van der Waals surface area contributed by atoms with Crippen LogP contribution in [-0.2, 0) is 11.3 Å². The number of nitrogens with one attached hydrogen (secondary N) is 1. The molecule has 0 spiro atoms. The van der Waals surface area contributed by atoms with Gasteiger partial charge in [-0.25, -0.2) is 0 Å². The topological polar surface area (TPSA) is 79.3 Å². The molecule has 0 aromatic heterocycles. The molecule has 0 heterocycles. The van der Waals surface area contributed by atoms with E-state index in [0.29, 0.717) is 18.8 Å². The molecule has 0 saturated heterocycles. The number of aliphatic hydroxyl groups is 1. The van der Waals surface area contributed by atoms with Crippen molar-refractivity contribution in [1.82, 2.24) is 0 Å². The van der Waals surface area contributed by atoms with E-state index in [-0.39, 0.29) is 12.4 Å². The SMILES string of the molecule is N=C(N)c1ccc(COCCO)cc1. The minimum Gasteiger partial charge on any atom is -0.394 e. The molecule has 1 rings (SSSR count). The highest BCUT2D eigenvalue weighted by Crippen LogP contribution is 2.04. The standard InChI is InChI=1S/C10H14N2O2/c11-10(12)9-3-1-8(2-4-9)7-14-6-5-13/h1-4,13H,5-7H2,(H3,11,12). The third-order valence-corrected chi connectivity index (χ3v) is 1.77. The van der Waals surface area contributed by atoms with Gasteiger partial charge in [0.2, 0.25) is 0 Å². The number of hydrogen-bond acceptors (Lipinski definition) is 3. The summed E-state index contributed by atoms with van der Waals surface area (Å²) in [6.45, 7) is 0.846. The molecule has 0 radical (unpaired) electrons.